The fraction of sp³-hybridized carbons (Fsp3) is 0.259. The Morgan fingerprint density at radius 2 is 1.47 bits per heavy atom. The van der Waals surface area contributed by atoms with E-state index in [1.165, 1.54) is 0 Å². The van der Waals surface area contributed by atoms with Crippen LogP contribution in [0.3, 0.4) is 0 Å². The van der Waals surface area contributed by atoms with Gasteiger partial charge in [-0.3, -0.25) is 9.59 Å². The minimum Gasteiger partial charge on any atom is -0.343 e. The average molecular weight is 428 g/mol. The zero-order chi connectivity index (χ0) is 22.5. The van der Waals surface area contributed by atoms with Crippen molar-refractivity contribution in [3.63, 3.8) is 0 Å². The second-order valence-electron chi connectivity index (χ2n) is 8.31. The van der Waals surface area contributed by atoms with Crippen LogP contribution < -0.4 is 16.4 Å². The topological polar surface area (TPSA) is 84.2 Å². The molecule has 1 aliphatic rings. The summed E-state index contributed by atoms with van der Waals surface area (Å²) in [6.07, 6.45) is 2.11. The smallest absolute Gasteiger partial charge is 0.246 e. The van der Waals surface area contributed by atoms with Crippen molar-refractivity contribution in [2.75, 3.05) is 11.9 Å². The Labute approximate surface area is 189 Å². The van der Waals surface area contributed by atoms with Crippen molar-refractivity contribution in [2.45, 2.75) is 38.1 Å². The van der Waals surface area contributed by atoms with Gasteiger partial charge in [-0.05, 0) is 67.1 Å². The molecule has 4 rings (SSSR count). The van der Waals surface area contributed by atoms with Gasteiger partial charge in [0.1, 0.15) is 6.04 Å². The third-order valence-electron chi connectivity index (χ3n) is 5.99. The predicted molar refractivity (Wildman–Crippen MR) is 128 cm³/mol. The largest absolute Gasteiger partial charge is 0.343 e. The first-order valence-electron chi connectivity index (χ1n) is 11.1. The molecule has 0 aliphatic heterocycles. The van der Waals surface area contributed by atoms with Gasteiger partial charge in [0.2, 0.25) is 11.8 Å². The molecule has 0 saturated carbocycles. The standard InChI is InChI=1S/C27H29N3O2/c1-18-13-15-19(16-14-18)29-26(31)24(12-6-7-17-28)30-27(32)25-22-10-4-2-8-20(22)21-9-3-5-11-23(21)25/h2-5,8-11,13-16,24-25H,6-7,12,17,28H2,1H3,(H,29,31)(H,30,32)/t24-/m0/s1. The maximum absolute atomic E-state index is 13.5. The highest BCUT2D eigenvalue weighted by Gasteiger charge is 2.35. The highest BCUT2D eigenvalue weighted by atomic mass is 16.2. The van der Waals surface area contributed by atoms with Gasteiger partial charge in [-0.15, -0.1) is 0 Å². The summed E-state index contributed by atoms with van der Waals surface area (Å²) in [6, 6.07) is 23.0. The van der Waals surface area contributed by atoms with Gasteiger partial charge in [0.25, 0.3) is 0 Å². The summed E-state index contributed by atoms with van der Waals surface area (Å²) in [4.78, 5) is 26.6. The molecule has 0 aromatic heterocycles. The number of anilines is 1. The minimum absolute atomic E-state index is 0.154. The summed E-state index contributed by atoms with van der Waals surface area (Å²) < 4.78 is 0. The molecule has 0 bridgehead atoms. The van der Waals surface area contributed by atoms with Crippen molar-refractivity contribution in [1.82, 2.24) is 5.32 Å². The number of amides is 2. The Hall–Kier alpha value is -3.44. The molecule has 3 aromatic carbocycles. The molecule has 0 fully saturated rings. The maximum Gasteiger partial charge on any atom is 0.246 e. The number of nitrogens with two attached hydrogens (primary N) is 1. The lowest BCUT2D eigenvalue weighted by atomic mass is 9.95. The molecule has 3 aromatic rings. The van der Waals surface area contributed by atoms with Crippen LogP contribution in [0.1, 0.15) is 41.9 Å². The van der Waals surface area contributed by atoms with Gasteiger partial charge in [-0.1, -0.05) is 66.2 Å². The number of fused-ring (bicyclic) bond motifs is 3. The number of aryl methyl sites for hydroxylation is 1. The van der Waals surface area contributed by atoms with Crippen LogP contribution in [0.5, 0.6) is 0 Å². The number of benzene rings is 3. The van der Waals surface area contributed by atoms with Gasteiger partial charge in [0.15, 0.2) is 0 Å². The molecule has 0 heterocycles. The molecule has 0 radical (unpaired) electrons. The van der Waals surface area contributed by atoms with E-state index in [2.05, 4.69) is 10.6 Å². The lowest BCUT2D eigenvalue weighted by molar-refractivity contribution is -0.127. The summed E-state index contributed by atoms with van der Waals surface area (Å²) in [5.41, 5.74) is 11.6. The molecular formula is C27H29N3O2. The zero-order valence-electron chi connectivity index (χ0n) is 18.3. The van der Waals surface area contributed by atoms with Gasteiger partial charge in [-0.25, -0.2) is 0 Å². The number of carbonyl (C=O) groups is 2. The predicted octanol–water partition coefficient (Wildman–Crippen LogP) is 4.36. The molecule has 4 N–H and O–H groups in total. The van der Waals surface area contributed by atoms with Crippen molar-refractivity contribution in [3.8, 4) is 11.1 Å². The van der Waals surface area contributed by atoms with Crippen LogP contribution in [0.25, 0.3) is 11.1 Å². The van der Waals surface area contributed by atoms with E-state index in [1.807, 2.05) is 79.7 Å². The van der Waals surface area contributed by atoms with Crippen LogP contribution in [0.4, 0.5) is 5.69 Å². The number of nitrogens with one attached hydrogen (secondary N) is 2. The summed E-state index contributed by atoms with van der Waals surface area (Å²) in [5.74, 6) is -0.787. The van der Waals surface area contributed by atoms with Gasteiger partial charge in [-0.2, -0.15) is 0 Å². The van der Waals surface area contributed by atoms with Gasteiger partial charge < -0.3 is 16.4 Å². The number of hydrogen-bond acceptors (Lipinski definition) is 3. The monoisotopic (exact) mass is 427 g/mol. The Balaban J connectivity index is 1.56. The Morgan fingerprint density at radius 3 is 2.06 bits per heavy atom. The molecule has 2 amide bonds. The summed E-state index contributed by atoms with van der Waals surface area (Å²) in [6.45, 7) is 2.56. The average Bonchev–Trinajstić information content (AvgIpc) is 3.14. The highest BCUT2D eigenvalue weighted by molar-refractivity contribution is 6.01. The molecule has 0 spiro atoms. The first kappa shape index (κ1) is 21.8. The third kappa shape index (κ3) is 4.58. The van der Waals surface area contributed by atoms with E-state index in [0.717, 1.165) is 46.3 Å². The van der Waals surface area contributed by atoms with E-state index >= 15 is 0 Å². The summed E-state index contributed by atoms with van der Waals surface area (Å²) >= 11 is 0. The van der Waals surface area contributed by atoms with E-state index in [9.17, 15) is 9.59 Å². The fourth-order valence-corrected chi connectivity index (χ4v) is 4.32. The van der Waals surface area contributed by atoms with Gasteiger partial charge in [0.05, 0.1) is 5.92 Å². The van der Waals surface area contributed by atoms with Crippen LogP contribution in [0.15, 0.2) is 72.8 Å². The van der Waals surface area contributed by atoms with E-state index in [1.54, 1.807) is 0 Å². The SMILES string of the molecule is Cc1ccc(NC(=O)[C@H](CCCCN)NC(=O)C2c3ccccc3-c3ccccc32)cc1. The lowest BCUT2D eigenvalue weighted by Gasteiger charge is -2.21. The normalized spacial score (nSPS) is 13.2. The first-order chi connectivity index (χ1) is 15.6. The van der Waals surface area contributed by atoms with E-state index in [4.69, 9.17) is 5.73 Å². The number of rotatable bonds is 8. The van der Waals surface area contributed by atoms with E-state index < -0.39 is 12.0 Å². The minimum atomic E-state index is -0.629. The molecule has 0 unspecified atom stereocenters. The van der Waals surface area contributed by atoms with Crippen molar-refractivity contribution >= 4 is 17.5 Å². The zero-order valence-corrected chi connectivity index (χ0v) is 18.3. The van der Waals surface area contributed by atoms with Gasteiger partial charge in [0, 0.05) is 5.69 Å². The first-order valence-corrected chi connectivity index (χ1v) is 11.1. The van der Waals surface area contributed by atoms with Crippen LogP contribution in [0.2, 0.25) is 0 Å². The molecule has 5 heteroatoms. The number of carbonyl (C=O) groups excluding carboxylic acids is 2. The second kappa shape index (κ2) is 9.79. The van der Waals surface area contributed by atoms with Crippen molar-refractivity contribution in [1.29, 1.82) is 0 Å². The number of hydrogen-bond donors (Lipinski definition) is 3. The Kier molecular flexibility index (Phi) is 6.66. The lowest BCUT2D eigenvalue weighted by Crippen LogP contribution is -2.45. The van der Waals surface area contributed by atoms with Crippen molar-refractivity contribution in [3.05, 3.63) is 89.5 Å². The molecule has 164 valence electrons. The van der Waals surface area contributed by atoms with E-state index in [0.29, 0.717) is 13.0 Å². The van der Waals surface area contributed by atoms with Crippen LogP contribution in [-0.2, 0) is 9.59 Å². The molecule has 0 saturated heterocycles. The molecule has 32 heavy (non-hydrogen) atoms. The van der Waals surface area contributed by atoms with Crippen molar-refractivity contribution < 1.29 is 9.59 Å². The van der Waals surface area contributed by atoms with Crippen LogP contribution in [0, 0.1) is 6.92 Å². The van der Waals surface area contributed by atoms with Crippen LogP contribution >= 0.6 is 0 Å². The van der Waals surface area contributed by atoms with E-state index in [-0.39, 0.29) is 11.8 Å². The molecule has 1 aliphatic carbocycles. The maximum atomic E-state index is 13.5. The number of unbranched alkanes of at least 4 members (excludes halogenated alkanes) is 1. The summed E-state index contributed by atoms with van der Waals surface area (Å²) in [7, 11) is 0. The van der Waals surface area contributed by atoms with Gasteiger partial charge >= 0.3 is 0 Å². The van der Waals surface area contributed by atoms with Crippen LogP contribution in [-0.4, -0.2) is 24.4 Å². The quantitative estimate of drug-likeness (QED) is 0.467. The highest BCUT2D eigenvalue weighted by Crippen LogP contribution is 2.44. The fourth-order valence-electron chi connectivity index (χ4n) is 4.32. The molecule has 1 atom stereocenters. The third-order valence-corrected chi connectivity index (χ3v) is 5.99. The Morgan fingerprint density at radius 1 is 0.875 bits per heavy atom. The molecular weight excluding hydrogens is 398 g/mol. The summed E-state index contributed by atoms with van der Waals surface area (Å²) in [5, 5.41) is 5.98. The molecule has 5 nitrogen and oxygen atoms in total. The van der Waals surface area contributed by atoms with Crippen molar-refractivity contribution in [2.24, 2.45) is 5.73 Å². The second-order valence-corrected chi connectivity index (χ2v) is 8.31. The Bertz CT molecular complexity index is 1060.